The van der Waals surface area contributed by atoms with Crippen LogP contribution in [0.15, 0.2) is 60.0 Å². The van der Waals surface area contributed by atoms with Crippen LogP contribution in [0.25, 0.3) is 11.3 Å². The van der Waals surface area contributed by atoms with Gasteiger partial charge < -0.3 is 0 Å². The molecule has 0 saturated carbocycles. The summed E-state index contributed by atoms with van der Waals surface area (Å²) < 4.78 is 13.6. The van der Waals surface area contributed by atoms with E-state index in [4.69, 9.17) is 0 Å². The lowest BCUT2D eigenvalue weighted by atomic mass is 10.1. The third kappa shape index (κ3) is 2.71. The summed E-state index contributed by atoms with van der Waals surface area (Å²) in [5.41, 5.74) is 2.74. The molecule has 19 heavy (non-hydrogen) atoms. The van der Waals surface area contributed by atoms with Crippen molar-refractivity contribution in [2.24, 2.45) is 0 Å². The summed E-state index contributed by atoms with van der Waals surface area (Å²) in [6.45, 7) is 0. The maximum atomic E-state index is 13.6. The van der Waals surface area contributed by atoms with Crippen LogP contribution in [-0.4, -0.2) is 4.98 Å². The first-order valence-corrected chi connectivity index (χ1v) is 6.94. The van der Waals surface area contributed by atoms with Gasteiger partial charge in [0.05, 0.1) is 10.7 Å². The fraction of sp³-hybridized carbons (Fsp3) is 0.0625. The van der Waals surface area contributed by atoms with Crippen molar-refractivity contribution >= 4 is 11.3 Å². The molecule has 1 aromatic heterocycles. The summed E-state index contributed by atoms with van der Waals surface area (Å²) in [4.78, 5) is 4.57. The molecule has 3 rings (SSSR count). The average molecular weight is 269 g/mol. The Morgan fingerprint density at radius 1 is 0.947 bits per heavy atom. The van der Waals surface area contributed by atoms with Crippen LogP contribution in [0, 0.1) is 5.82 Å². The number of benzene rings is 2. The van der Waals surface area contributed by atoms with Gasteiger partial charge in [0.2, 0.25) is 0 Å². The quantitative estimate of drug-likeness (QED) is 0.680. The molecule has 0 atom stereocenters. The molecule has 0 aliphatic rings. The second-order valence-corrected chi connectivity index (χ2v) is 5.20. The van der Waals surface area contributed by atoms with Crippen molar-refractivity contribution in [2.45, 2.75) is 6.42 Å². The number of nitrogens with zero attached hydrogens (tertiary/aromatic N) is 1. The molecular weight excluding hydrogens is 257 g/mol. The molecule has 1 heterocycles. The Labute approximate surface area is 115 Å². The van der Waals surface area contributed by atoms with E-state index in [1.165, 1.54) is 6.07 Å². The number of rotatable bonds is 3. The first kappa shape index (κ1) is 12.1. The van der Waals surface area contributed by atoms with E-state index >= 15 is 0 Å². The largest absolute Gasteiger partial charge is 0.241 e. The molecule has 94 valence electrons. The Hall–Kier alpha value is -2.00. The van der Waals surface area contributed by atoms with Crippen molar-refractivity contribution in [3.63, 3.8) is 0 Å². The maximum Gasteiger partial charge on any atom is 0.126 e. The first-order valence-electron chi connectivity index (χ1n) is 6.06. The molecule has 0 fully saturated rings. The highest BCUT2D eigenvalue weighted by Crippen LogP contribution is 2.23. The van der Waals surface area contributed by atoms with Gasteiger partial charge in [0.1, 0.15) is 5.82 Å². The van der Waals surface area contributed by atoms with Crippen LogP contribution in [-0.2, 0) is 6.42 Å². The number of thiazole rings is 1. The minimum atomic E-state index is -0.168. The van der Waals surface area contributed by atoms with E-state index < -0.39 is 0 Å². The highest BCUT2D eigenvalue weighted by atomic mass is 32.1. The Kier molecular flexibility index (Phi) is 3.38. The fourth-order valence-electron chi connectivity index (χ4n) is 1.94. The number of hydrogen-bond donors (Lipinski definition) is 0. The van der Waals surface area contributed by atoms with Crippen molar-refractivity contribution in [3.05, 3.63) is 76.4 Å². The zero-order chi connectivity index (χ0) is 13.1. The van der Waals surface area contributed by atoms with Crippen molar-refractivity contribution in [1.29, 1.82) is 0 Å². The number of halogens is 1. The van der Waals surface area contributed by atoms with Crippen molar-refractivity contribution < 1.29 is 4.39 Å². The van der Waals surface area contributed by atoms with Crippen LogP contribution in [0.4, 0.5) is 4.39 Å². The van der Waals surface area contributed by atoms with Crippen LogP contribution in [0.1, 0.15) is 10.6 Å². The van der Waals surface area contributed by atoms with Crippen molar-refractivity contribution in [1.82, 2.24) is 4.98 Å². The molecule has 3 aromatic rings. The third-order valence-electron chi connectivity index (χ3n) is 2.92. The predicted molar refractivity (Wildman–Crippen MR) is 76.8 cm³/mol. The molecule has 1 nitrogen and oxygen atoms in total. The molecule has 0 bridgehead atoms. The smallest absolute Gasteiger partial charge is 0.126 e. The van der Waals surface area contributed by atoms with E-state index in [2.05, 4.69) is 4.98 Å². The number of hydrogen-bond acceptors (Lipinski definition) is 2. The topological polar surface area (TPSA) is 12.9 Å². The molecule has 0 amide bonds. The van der Waals surface area contributed by atoms with Gasteiger partial charge in [-0.3, -0.25) is 0 Å². The van der Waals surface area contributed by atoms with Crippen LogP contribution in [0.3, 0.4) is 0 Å². The Morgan fingerprint density at radius 3 is 2.47 bits per heavy atom. The van der Waals surface area contributed by atoms with E-state index in [0.717, 1.165) is 16.3 Å². The predicted octanol–water partition coefficient (Wildman–Crippen LogP) is 4.54. The summed E-state index contributed by atoms with van der Waals surface area (Å²) in [5, 5.41) is 2.95. The Morgan fingerprint density at radius 2 is 1.68 bits per heavy atom. The summed E-state index contributed by atoms with van der Waals surface area (Å²) >= 11 is 1.57. The van der Waals surface area contributed by atoms with Gasteiger partial charge in [-0.1, -0.05) is 48.5 Å². The molecular formula is C16H12FNS. The van der Waals surface area contributed by atoms with Gasteiger partial charge in [0.25, 0.3) is 0 Å². The van der Waals surface area contributed by atoms with Gasteiger partial charge in [0, 0.05) is 17.4 Å². The van der Waals surface area contributed by atoms with Crippen LogP contribution >= 0.6 is 11.3 Å². The monoisotopic (exact) mass is 269 g/mol. The Balaban J connectivity index is 1.85. The standard InChI is InChI=1S/C16H12FNS/c17-14-9-5-4-8-13(14)10-16-18-15(11-19-16)12-6-2-1-3-7-12/h1-9,11H,10H2. The first-order chi connectivity index (χ1) is 9.33. The molecule has 0 aliphatic carbocycles. The van der Waals surface area contributed by atoms with Gasteiger partial charge >= 0.3 is 0 Å². The second-order valence-electron chi connectivity index (χ2n) is 4.26. The summed E-state index contributed by atoms with van der Waals surface area (Å²) in [5.74, 6) is -0.168. The lowest BCUT2D eigenvalue weighted by molar-refractivity contribution is 0.614. The molecule has 0 unspecified atom stereocenters. The maximum absolute atomic E-state index is 13.6. The van der Waals surface area contributed by atoms with E-state index in [1.54, 1.807) is 23.5 Å². The summed E-state index contributed by atoms with van der Waals surface area (Å²) in [6, 6.07) is 16.9. The van der Waals surface area contributed by atoms with Gasteiger partial charge in [-0.15, -0.1) is 11.3 Å². The summed E-state index contributed by atoms with van der Waals surface area (Å²) in [6.07, 6.45) is 0.546. The van der Waals surface area contributed by atoms with E-state index in [-0.39, 0.29) is 5.82 Å². The van der Waals surface area contributed by atoms with Gasteiger partial charge in [-0.2, -0.15) is 0 Å². The number of aromatic nitrogens is 1. The minimum absolute atomic E-state index is 0.168. The molecule has 0 saturated heterocycles. The van der Waals surface area contributed by atoms with Crippen molar-refractivity contribution in [3.8, 4) is 11.3 Å². The van der Waals surface area contributed by atoms with Crippen LogP contribution in [0.2, 0.25) is 0 Å². The second kappa shape index (κ2) is 5.33. The van der Waals surface area contributed by atoms with E-state index in [0.29, 0.717) is 12.0 Å². The van der Waals surface area contributed by atoms with Gasteiger partial charge in [-0.25, -0.2) is 9.37 Å². The van der Waals surface area contributed by atoms with Crippen LogP contribution in [0.5, 0.6) is 0 Å². The molecule has 0 aliphatic heterocycles. The van der Waals surface area contributed by atoms with Gasteiger partial charge in [0.15, 0.2) is 0 Å². The summed E-state index contributed by atoms with van der Waals surface area (Å²) in [7, 11) is 0. The van der Waals surface area contributed by atoms with E-state index in [9.17, 15) is 4.39 Å². The lowest BCUT2D eigenvalue weighted by Crippen LogP contribution is -1.91. The average Bonchev–Trinajstić information content (AvgIpc) is 2.91. The highest BCUT2D eigenvalue weighted by molar-refractivity contribution is 7.10. The van der Waals surface area contributed by atoms with Gasteiger partial charge in [-0.05, 0) is 11.6 Å². The Bertz CT molecular complexity index is 676. The normalized spacial score (nSPS) is 10.6. The third-order valence-corrected chi connectivity index (χ3v) is 3.77. The molecule has 0 N–H and O–H groups in total. The van der Waals surface area contributed by atoms with Crippen molar-refractivity contribution in [2.75, 3.05) is 0 Å². The lowest BCUT2D eigenvalue weighted by Gasteiger charge is -1.99. The highest BCUT2D eigenvalue weighted by Gasteiger charge is 2.07. The molecule has 3 heteroatoms. The fourth-order valence-corrected chi connectivity index (χ4v) is 2.76. The minimum Gasteiger partial charge on any atom is -0.241 e. The van der Waals surface area contributed by atoms with Crippen LogP contribution < -0.4 is 0 Å². The van der Waals surface area contributed by atoms with E-state index in [1.807, 2.05) is 41.8 Å². The SMILES string of the molecule is Fc1ccccc1Cc1nc(-c2ccccc2)cs1. The zero-order valence-electron chi connectivity index (χ0n) is 10.2. The molecule has 2 aromatic carbocycles. The molecule has 0 radical (unpaired) electrons. The molecule has 0 spiro atoms. The zero-order valence-corrected chi connectivity index (χ0v) is 11.0.